The van der Waals surface area contributed by atoms with Crippen LogP contribution < -0.4 is 10.9 Å². The maximum absolute atomic E-state index is 15.0. The van der Waals surface area contributed by atoms with Gasteiger partial charge in [0, 0.05) is 23.9 Å². The third kappa shape index (κ3) is 4.78. The summed E-state index contributed by atoms with van der Waals surface area (Å²) in [6.45, 7) is 2.11. The minimum Gasteiger partial charge on any atom is -0.478 e. The summed E-state index contributed by atoms with van der Waals surface area (Å²) in [4.78, 5) is 43.2. The number of carboxylic acids is 1. The molecule has 0 spiro atoms. The Morgan fingerprint density at radius 3 is 2.42 bits per heavy atom. The summed E-state index contributed by atoms with van der Waals surface area (Å²) in [6, 6.07) is 13.2. The van der Waals surface area contributed by atoms with E-state index in [9.17, 15) is 28.3 Å². The molecule has 2 heterocycles. The van der Waals surface area contributed by atoms with Crippen LogP contribution in [0.4, 0.5) is 18.9 Å². The van der Waals surface area contributed by atoms with Crippen LogP contribution in [0.2, 0.25) is 0 Å². The number of nitrogens with one attached hydrogen (secondary N) is 1. The van der Waals surface area contributed by atoms with E-state index in [1.54, 1.807) is 24.3 Å². The van der Waals surface area contributed by atoms with Crippen LogP contribution in [0, 0.1) is 12.7 Å². The number of fused-ring (bicyclic) bond motifs is 1. The maximum atomic E-state index is 15.0. The molecule has 1 aliphatic heterocycles. The number of rotatable bonds is 6. The van der Waals surface area contributed by atoms with Gasteiger partial charge in [-0.15, -0.1) is 0 Å². The number of anilines is 1. The fourth-order valence-corrected chi connectivity index (χ4v) is 4.90. The summed E-state index contributed by atoms with van der Waals surface area (Å²) in [6.07, 6.45) is 0. The number of aryl methyl sites for hydroxylation is 1. The Bertz CT molecular complexity index is 1740. The standard InChI is InChI=1S/C29H25F3N4O4/c1-15-10-20(16(2)33-23-7-5-4-6-19(23)28(39)40)24-21(11-15)26(37)35(3)25(34-24)17-8-9-18(22(30)12-17)27(38)36-13-29(31,32)14-36/h4-12,16,33H,13-14H2,1-3H3,(H,39,40)/t16-/m1/s1. The summed E-state index contributed by atoms with van der Waals surface area (Å²) in [5.41, 5.74) is 1.72. The van der Waals surface area contributed by atoms with Crippen molar-refractivity contribution in [1.82, 2.24) is 14.5 Å². The topological polar surface area (TPSA) is 105 Å². The van der Waals surface area contributed by atoms with Crippen molar-refractivity contribution in [3.05, 3.63) is 93.0 Å². The van der Waals surface area contributed by atoms with Gasteiger partial charge in [-0.2, -0.15) is 0 Å². The lowest BCUT2D eigenvalue weighted by atomic mass is 10.00. The first-order chi connectivity index (χ1) is 18.9. The van der Waals surface area contributed by atoms with Gasteiger partial charge in [0.25, 0.3) is 17.4 Å². The first kappa shape index (κ1) is 26.9. The number of hydrogen-bond acceptors (Lipinski definition) is 5. The summed E-state index contributed by atoms with van der Waals surface area (Å²) in [5, 5.41) is 13.1. The Kier molecular flexibility index (Phi) is 6.61. The third-order valence-corrected chi connectivity index (χ3v) is 6.94. The van der Waals surface area contributed by atoms with Gasteiger partial charge in [0.05, 0.1) is 41.2 Å². The average molecular weight is 551 g/mol. The predicted molar refractivity (Wildman–Crippen MR) is 143 cm³/mol. The third-order valence-electron chi connectivity index (χ3n) is 6.94. The van der Waals surface area contributed by atoms with Gasteiger partial charge in [-0.3, -0.25) is 14.2 Å². The van der Waals surface area contributed by atoms with Crippen molar-refractivity contribution >= 4 is 28.5 Å². The molecule has 0 saturated carbocycles. The summed E-state index contributed by atoms with van der Waals surface area (Å²) in [7, 11) is 1.50. The lowest BCUT2D eigenvalue weighted by Crippen LogP contribution is -2.58. The number of aromatic nitrogens is 2. The van der Waals surface area contributed by atoms with E-state index in [2.05, 4.69) is 5.32 Å². The van der Waals surface area contributed by atoms with E-state index in [1.165, 1.54) is 29.8 Å². The van der Waals surface area contributed by atoms with Crippen LogP contribution in [-0.4, -0.2) is 50.4 Å². The lowest BCUT2D eigenvalue weighted by Gasteiger charge is -2.38. The fraction of sp³-hybridized carbons (Fsp3) is 0.241. The molecule has 0 unspecified atom stereocenters. The van der Waals surface area contributed by atoms with Crippen LogP contribution in [0.3, 0.4) is 0 Å². The van der Waals surface area contributed by atoms with E-state index in [4.69, 9.17) is 4.98 Å². The van der Waals surface area contributed by atoms with E-state index in [-0.39, 0.29) is 28.1 Å². The summed E-state index contributed by atoms with van der Waals surface area (Å²) in [5.74, 6) is -5.69. The van der Waals surface area contributed by atoms with Crippen molar-refractivity contribution in [2.75, 3.05) is 18.4 Å². The molecule has 0 radical (unpaired) electrons. The zero-order chi connectivity index (χ0) is 28.9. The zero-order valence-corrected chi connectivity index (χ0v) is 21.8. The number of nitrogens with zero attached hydrogens (tertiary/aromatic N) is 3. The molecule has 40 heavy (non-hydrogen) atoms. The summed E-state index contributed by atoms with van der Waals surface area (Å²) >= 11 is 0. The number of aromatic carboxylic acids is 1. The van der Waals surface area contributed by atoms with Gasteiger partial charge in [-0.25, -0.2) is 22.9 Å². The van der Waals surface area contributed by atoms with E-state index in [1.807, 2.05) is 19.9 Å². The van der Waals surface area contributed by atoms with Crippen LogP contribution >= 0.6 is 0 Å². The monoisotopic (exact) mass is 550 g/mol. The highest BCUT2D eigenvalue weighted by molar-refractivity contribution is 5.96. The van der Waals surface area contributed by atoms with Crippen LogP contribution in [-0.2, 0) is 7.05 Å². The van der Waals surface area contributed by atoms with Gasteiger partial charge in [-0.05, 0) is 49.7 Å². The zero-order valence-electron chi connectivity index (χ0n) is 21.8. The molecule has 206 valence electrons. The second kappa shape index (κ2) is 9.82. The van der Waals surface area contributed by atoms with Crippen molar-refractivity contribution in [2.24, 2.45) is 7.05 Å². The quantitative estimate of drug-likeness (QED) is 0.350. The Hall–Kier alpha value is -4.67. The van der Waals surface area contributed by atoms with E-state index in [0.29, 0.717) is 22.2 Å². The number of carboxylic acid groups (broad SMARTS) is 1. The van der Waals surface area contributed by atoms with Crippen LogP contribution in [0.5, 0.6) is 0 Å². The minimum absolute atomic E-state index is 0.0860. The second-order valence-electron chi connectivity index (χ2n) is 9.98. The molecule has 4 aromatic rings. The fourth-order valence-electron chi connectivity index (χ4n) is 4.90. The minimum atomic E-state index is -2.98. The number of benzene rings is 3. The molecule has 0 aliphatic carbocycles. The number of carbonyl (C=O) groups excluding carboxylic acids is 1. The molecule has 1 saturated heterocycles. The molecule has 1 atom stereocenters. The van der Waals surface area contributed by atoms with Crippen LogP contribution in [0.1, 0.15) is 44.8 Å². The Labute approximate surface area is 226 Å². The number of hydrogen-bond donors (Lipinski definition) is 2. The SMILES string of the molecule is Cc1cc([C@@H](C)Nc2ccccc2C(=O)O)c2nc(-c3ccc(C(=O)N4CC(F)(F)C4)c(F)c3)n(C)c(=O)c2c1. The number of para-hydroxylation sites is 1. The lowest BCUT2D eigenvalue weighted by molar-refractivity contribution is -0.113. The van der Waals surface area contributed by atoms with Crippen molar-refractivity contribution in [3.63, 3.8) is 0 Å². The van der Waals surface area contributed by atoms with Crippen molar-refractivity contribution in [2.45, 2.75) is 25.8 Å². The molecule has 0 bridgehead atoms. The molecule has 1 amide bonds. The number of carbonyl (C=O) groups is 2. The van der Waals surface area contributed by atoms with E-state index in [0.717, 1.165) is 16.5 Å². The molecular formula is C29H25F3N4O4. The van der Waals surface area contributed by atoms with Gasteiger partial charge in [0.15, 0.2) is 0 Å². The van der Waals surface area contributed by atoms with Gasteiger partial charge in [-0.1, -0.05) is 24.3 Å². The molecule has 2 N–H and O–H groups in total. The normalized spacial score (nSPS) is 15.0. The molecule has 11 heteroatoms. The summed E-state index contributed by atoms with van der Waals surface area (Å²) < 4.78 is 42.7. The molecule has 1 fully saturated rings. The maximum Gasteiger partial charge on any atom is 0.337 e. The molecule has 1 aliphatic rings. The largest absolute Gasteiger partial charge is 0.478 e. The Balaban J connectivity index is 1.57. The number of alkyl halides is 2. The van der Waals surface area contributed by atoms with Gasteiger partial charge in [0.1, 0.15) is 11.6 Å². The smallest absolute Gasteiger partial charge is 0.337 e. The van der Waals surface area contributed by atoms with Crippen molar-refractivity contribution in [1.29, 1.82) is 0 Å². The van der Waals surface area contributed by atoms with Crippen LogP contribution in [0.25, 0.3) is 22.3 Å². The van der Waals surface area contributed by atoms with Crippen molar-refractivity contribution < 1.29 is 27.9 Å². The van der Waals surface area contributed by atoms with Crippen molar-refractivity contribution in [3.8, 4) is 11.4 Å². The highest BCUT2D eigenvalue weighted by atomic mass is 19.3. The predicted octanol–water partition coefficient (Wildman–Crippen LogP) is 5.01. The average Bonchev–Trinajstić information content (AvgIpc) is 2.88. The number of amides is 1. The molecule has 3 aromatic carbocycles. The molecular weight excluding hydrogens is 525 g/mol. The first-order valence-corrected chi connectivity index (χ1v) is 12.4. The highest BCUT2D eigenvalue weighted by Crippen LogP contribution is 2.31. The van der Waals surface area contributed by atoms with Gasteiger partial charge in [0.2, 0.25) is 0 Å². The number of halogens is 3. The first-order valence-electron chi connectivity index (χ1n) is 12.4. The molecule has 8 nitrogen and oxygen atoms in total. The number of likely N-dealkylation sites (tertiary alicyclic amines) is 1. The van der Waals surface area contributed by atoms with Gasteiger partial charge < -0.3 is 15.3 Å². The van der Waals surface area contributed by atoms with E-state index >= 15 is 4.39 Å². The molecule has 5 rings (SSSR count). The van der Waals surface area contributed by atoms with E-state index < -0.39 is 42.7 Å². The second-order valence-corrected chi connectivity index (χ2v) is 9.98. The van der Waals surface area contributed by atoms with Crippen LogP contribution in [0.15, 0.2) is 59.4 Å². The van der Waals surface area contributed by atoms with Gasteiger partial charge >= 0.3 is 5.97 Å². The Morgan fingerprint density at radius 1 is 1.07 bits per heavy atom. The Morgan fingerprint density at radius 2 is 1.77 bits per heavy atom. The molecule has 1 aromatic heterocycles. The highest BCUT2D eigenvalue weighted by Gasteiger charge is 2.46.